The molecule has 102 valence electrons. The van der Waals surface area contributed by atoms with Crippen LogP contribution >= 0.6 is 0 Å². The lowest BCUT2D eigenvalue weighted by Gasteiger charge is -2.17. The highest BCUT2D eigenvalue weighted by atomic mass is 19.4. The lowest BCUT2D eigenvalue weighted by molar-refractivity contribution is -0.141. The van der Waals surface area contributed by atoms with Crippen LogP contribution in [0.25, 0.3) is 11.4 Å². The Morgan fingerprint density at radius 2 is 2.00 bits per heavy atom. The normalized spacial score (nSPS) is 14.2. The molecule has 1 aliphatic heterocycles. The molecule has 0 atom stereocenters. The van der Waals surface area contributed by atoms with Crippen molar-refractivity contribution >= 4 is 6.21 Å². The van der Waals surface area contributed by atoms with Gasteiger partial charge in [-0.3, -0.25) is 9.98 Å². The number of aliphatic imine (C=N–C) groups is 1. The van der Waals surface area contributed by atoms with Crippen molar-refractivity contribution in [1.29, 1.82) is 0 Å². The molecule has 0 aliphatic carbocycles. The van der Waals surface area contributed by atoms with E-state index in [4.69, 9.17) is 0 Å². The van der Waals surface area contributed by atoms with Gasteiger partial charge >= 0.3 is 6.18 Å². The highest BCUT2D eigenvalue weighted by Crippen LogP contribution is 2.34. The van der Waals surface area contributed by atoms with E-state index < -0.39 is 11.9 Å². The summed E-state index contributed by atoms with van der Waals surface area (Å²) in [7, 11) is 0. The van der Waals surface area contributed by atoms with E-state index in [2.05, 4.69) is 19.9 Å². The van der Waals surface area contributed by atoms with Crippen molar-refractivity contribution in [2.75, 3.05) is 0 Å². The van der Waals surface area contributed by atoms with E-state index in [9.17, 15) is 13.2 Å². The van der Waals surface area contributed by atoms with Crippen LogP contribution < -0.4 is 0 Å². The van der Waals surface area contributed by atoms with Gasteiger partial charge in [0.15, 0.2) is 11.5 Å². The van der Waals surface area contributed by atoms with Gasteiger partial charge in [-0.05, 0) is 12.1 Å². The number of hydrogen-bond acceptors (Lipinski definition) is 4. The number of rotatable bonds is 1. The number of fused-ring (bicyclic) bond motifs is 1. The topological polar surface area (TPSA) is 51.0 Å². The molecule has 2 aromatic rings. The molecule has 0 amide bonds. The molecule has 1 aliphatic rings. The predicted molar refractivity (Wildman–Crippen MR) is 66.2 cm³/mol. The molecule has 3 rings (SSSR count). The number of halogens is 3. The molecule has 0 spiro atoms. The van der Waals surface area contributed by atoms with Crippen LogP contribution in [0.4, 0.5) is 13.2 Å². The molecule has 20 heavy (non-hydrogen) atoms. The molecular weight excluding hydrogens is 269 g/mol. The van der Waals surface area contributed by atoms with Crippen LogP contribution in [0, 0.1) is 0 Å². The fourth-order valence-electron chi connectivity index (χ4n) is 2.04. The van der Waals surface area contributed by atoms with E-state index in [-0.39, 0.29) is 24.4 Å². The third kappa shape index (κ3) is 2.26. The molecule has 0 bridgehead atoms. The van der Waals surface area contributed by atoms with Crippen molar-refractivity contribution in [3.8, 4) is 11.4 Å². The third-order valence-electron chi connectivity index (χ3n) is 2.95. The number of nitrogens with zero attached hydrogens (tertiary/aromatic N) is 4. The maximum atomic E-state index is 13.1. The Balaban J connectivity index is 2.20. The monoisotopic (exact) mass is 278 g/mol. The molecule has 0 aromatic carbocycles. The summed E-state index contributed by atoms with van der Waals surface area (Å²) < 4.78 is 39.4. The standard InChI is InChI=1S/C13H9F3N4/c14-13(15,16)11-9-3-5-18-7-10(9)19-12(20-11)8-2-1-4-17-6-8/h1-2,4-6H,3,7H2. The zero-order valence-corrected chi connectivity index (χ0v) is 10.2. The summed E-state index contributed by atoms with van der Waals surface area (Å²) in [6.45, 7) is 0.147. The molecule has 0 N–H and O–H groups in total. The fourth-order valence-corrected chi connectivity index (χ4v) is 2.04. The minimum atomic E-state index is -4.50. The van der Waals surface area contributed by atoms with Crippen molar-refractivity contribution < 1.29 is 13.2 Å². The smallest absolute Gasteiger partial charge is 0.291 e. The van der Waals surface area contributed by atoms with Crippen LogP contribution in [0.15, 0.2) is 29.5 Å². The number of alkyl halides is 3. The first kappa shape index (κ1) is 12.7. The van der Waals surface area contributed by atoms with Gasteiger partial charge in [0.05, 0.1) is 12.2 Å². The van der Waals surface area contributed by atoms with Crippen molar-refractivity contribution in [2.45, 2.75) is 19.1 Å². The number of hydrogen-bond donors (Lipinski definition) is 0. The van der Waals surface area contributed by atoms with E-state index in [1.165, 1.54) is 18.6 Å². The molecule has 0 radical (unpaired) electrons. The van der Waals surface area contributed by atoms with Crippen LogP contribution in [0.3, 0.4) is 0 Å². The largest absolute Gasteiger partial charge is 0.433 e. The van der Waals surface area contributed by atoms with Crippen molar-refractivity contribution in [3.63, 3.8) is 0 Å². The molecule has 2 aromatic heterocycles. The van der Waals surface area contributed by atoms with Crippen LogP contribution in [0.2, 0.25) is 0 Å². The highest BCUT2D eigenvalue weighted by Gasteiger charge is 2.37. The number of aromatic nitrogens is 3. The fraction of sp³-hybridized carbons (Fsp3) is 0.231. The third-order valence-corrected chi connectivity index (χ3v) is 2.95. The summed E-state index contributed by atoms with van der Waals surface area (Å²) in [4.78, 5) is 15.7. The number of pyridine rings is 1. The van der Waals surface area contributed by atoms with Gasteiger partial charge in [0.25, 0.3) is 0 Å². The van der Waals surface area contributed by atoms with Gasteiger partial charge in [0.1, 0.15) is 0 Å². The first-order valence-electron chi connectivity index (χ1n) is 5.91. The van der Waals surface area contributed by atoms with Crippen LogP contribution in [-0.4, -0.2) is 21.2 Å². The van der Waals surface area contributed by atoms with Crippen molar-refractivity contribution in [1.82, 2.24) is 15.0 Å². The molecule has 3 heterocycles. The lowest BCUT2D eigenvalue weighted by Crippen LogP contribution is -2.18. The zero-order chi connectivity index (χ0) is 14.2. The first-order chi connectivity index (χ1) is 9.55. The van der Waals surface area contributed by atoms with Crippen LogP contribution in [0.5, 0.6) is 0 Å². The Morgan fingerprint density at radius 3 is 2.70 bits per heavy atom. The summed E-state index contributed by atoms with van der Waals surface area (Å²) in [6.07, 6.45) is 0.0438. The Labute approximate surface area is 112 Å². The first-order valence-corrected chi connectivity index (χ1v) is 5.91. The summed E-state index contributed by atoms with van der Waals surface area (Å²) in [5.74, 6) is 0.0290. The molecule has 7 heteroatoms. The zero-order valence-electron chi connectivity index (χ0n) is 10.2. The second-order valence-corrected chi connectivity index (χ2v) is 4.29. The Kier molecular flexibility index (Phi) is 2.96. The van der Waals surface area contributed by atoms with Gasteiger partial charge in [0, 0.05) is 36.2 Å². The average molecular weight is 278 g/mol. The molecule has 0 fully saturated rings. The van der Waals surface area contributed by atoms with Gasteiger partial charge < -0.3 is 0 Å². The quantitative estimate of drug-likeness (QED) is 0.805. The lowest BCUT2D eigenvalue weighted by atomic mass is 10.0. The molecular formula is C13H9F3N4. The molecule has 0 saturated heterocycles. The second kappa shape index (κ2) is 4.66. The van der Waals surface area contributed by atoms with E-state index >= 15 is 0 Å². The predicted octanol–water partition coefficient (Wildman–Crippen LogP) is 2.68. The Bertz CT molecular complexity index is 665. The summed E-state index contributed by atoms with van der Waals surface area (Å²) in [5.41, 5.74) is 0.0108. The van der Waals surface area contributed by atoms with Gasteiger partial charge in [-0.2, -0.15) is 13.2 Å². The minimum Gasteiger partial charge on any atom is -0.291 e. The minimum absolute atomic E-state index is 0.0290. The van der Waals surface area contributed by atoms with Crippen molar-refractivity contribution in [3.05, 3.63) is 41.5 Å². The van der Waals surface area contributed by atoms with E-state index in [1.54, 1.807) is 12.1 Å². The summed E-state index contributed by atoms with van der Waals surface area (Å²) in [5, 5.41) is 0. The van der Waals surface area contributed by atoms with Gasteiger partial charge in [-0.15, -0.1) is 0 Å². The van der Waals surface area contributed by atoms with E-state index in [0.29, 0.717) is 11.3 Å². The van der Waals surface area contributed by atoms with Crippen molar-refractivity contribution in [2.24, 2.45) is 4.99 Å². The van der Waals surface area contributed by atoms with Crippen LogP contribution in [-0.2, 0) is 19.1 Å². The summed E-state index contributed by atoms with van der Waals surface area (Å²) in [6, 6.07) is 3.25. The average Bonchev–Trinajstić information content (AvgIpc) is 2.46. The van der Waals surface area contributed by atoms with Gasteiger partial charge in [-0.25, -0.2) is 9.97 Å². The van der Waals surface area contributed by atoms with Gasteiger partial charge in [0.2, 0.25) is 0 Å². The van der Waals surface area contributed by atoms with E-state index in [0.717, 1.165) is 0 Å². The second-order valence-electron chi connectivity index (χ2n) is 4.29. The Hall–Kier alpha value is -2.31. The molecule has 0 saturated carbocycles. The summed E-state index contributed by atoms with van der Waals surface area (Å²) >= 11 is 0. The molecule has 4 nitrogen and oxygen atoms in total. The maximum absolute atomic E-state index is 13.1. The Morgan fingerprint density at radius 1 is 1.15 bits per heavy atom. The van der Waals surface area contributed by atoms with E-state index in [1.807, 2.05) is 0 Å². The molecule has 0 unspecified atom stereocenters. The highest BCUT2D eigenvalue weighted by molar-refractivity contribution is 5.66. The van der Waals surface area contributed by atoms with Gasteiger partial charge in [-0.1, -0.05) is 0 Å². The SMILES string of the molecule is FC(F)(F)c1nc(-c2cccnc2)nc2c1CC=NC2. The maximum Gasteiger partial charge on any atom is 0.433 e. The van der Waals surface area contributed by atoms with Crippen LogP contribution in [0.1, 0.15) is 17.0 Å².